The molecule has 2 fully saturated rings. The zero-order valence-electron chi connectivity index (χ0n) is 12.4. The molecular weight excluding hydrogens is 284 g/mol. The van der Waals surface area contributed by atoms with Crippen LogP contribution in [-0.4, -0.2) is 35.2 Å². The second-order valence-electron chi connectivity index (χ2n) is 6.83. The van der Waals surface area contributed by atoms with Crippen molar-refractivity contribution in [3.63, 3.8) is 0 Å². The van der Waals surface area contributed by atoms with Crippen LogP contribution in [0.1, 0.15) is 31.2 Å². The fraction of sp³-hybridized carbons (Fsp3) is 0.647. The van der Waals surface area contributed by atoms with Gasteiger partial charge in [0, 0.05) is 30.7 Å². The van der Waals surface area contributed by atoms with Crippen LogP contribution in [0.4, 0.5) is 0 Å². The van der Waals surface area contributed by atoms with Gasteiger partial charge in [0.25, 0.3) is 0 Å². The smallest absolute Gasteiger partial charge is 0.0571 e. The molecular formula is C17H25ClN2O. The molecule has 1 aromatic rings. The van der Waals surface area contributed by atoms with Crippen molar-refractivity contribution >= 4 is 11.6 Å². The fourth-order valence-corrected chi connectivity index (χ4v) is 3.77. The molecule has 0 amide bonds. The molecule has 0 bridgehead atoms. The Morgan fingerprint density at radius 2 is 2.14 bits per heavy atom. The molecule has 1 heterocycles. The minimum absolute atomic E-state index is 0.117. The number of nitrogens with two attached hydrogens (primary N) is 1. The molecule has 3 nitrogen and oxygen atoms in total. The van der Waals surface area contributed by atoms with Crippen LogP contribution in [0.25, 0.3) is 0 Å². The number of benzene rings is 1. The number of piperidine rings is 1. The van der Waals surface area contributed by atoms with Gasteiger partial charge in [-0.2, -0.15) is 0 Å². The highest BCUT2D eigenvalue weighted by Gasteiger charge is 2.33. The molecule has 1 aliphatic carbocycles. The highest BCUT2D eigenvalue weighted by Crippen LogP contribution is 2.36. The highest BCUT2D eigenvalue weighted by atomic mass is 35.5. The molecule has 4 heteroatoms. The summed E-state index contributed by atoms with van der Waals surface area (Å²) in [5, 5.41) is 10.9. The van der Waals surface area contributed by atoms with E-state index in [0.717, 1.165) is 37.5 Å². The number of likely N-dealkylation sites (tertiary alicyclic amines) is 1. The molecule has 3 rings (SSSR count). The second kappa shape index (κ2) is 6.66. The summed E-state index contributed by atoms with van der Waals surface area (Å²) in [5.74, 6) is 1.08. The Morgan fingerprint density at radius 1 is 1.33 bits per heavy atom. The molecule has 0 spiro atoms. The predicted molar refractivity (Wildman–Crippen MR) is 86.2 cm³/mol. The van der Waals surface area contributed by atoms with Crippen molar-refractivity contribution in [1.82, 2.24) is 4.90 Å². The lowest BCUT2D eigenvalue weighted by atomic mass is 9.88. The summed E-state index contributed by atoms with van der Waals surface area (Å²) < 4.78 is 0. The van der Waals surface area contributed by atoms with Crippen LogP contribution in [0.5, 0.6) is 0 Å². The first-order valence-corrected chi connectivity index (χ1v) is 8.38. The third-order valence-electron chi connectivity index (χ3n) is 4.68. The Balaban J connectivity index is 1.57. The summed E-state index contributed by atoms with van der Waals surface area (Å²) in [4.78, 5) is 2.41. The molecule has 1 saturated heterocycles. The van der Waals surface area contributed by atoms with Gasteiger partial charge in [0.2, 0.25) is 0 Å². The molecule has 3 unspecified atom stereocenters. The molecule has 21 heavy (non-hydrogen) atoms. The van der Waals surface area contributed by atoms with E-state index in [9.17, 15) is 5.11 Å². The van der Waals surface area contributed by atoms with Crippen molar-refractivity contribution in [3.8, 4) is 0 Å². The normalized spacial score (nSPS) is 28.5. The van der Waals surface area contributed by atoms with Gasteiger partial charge in [0.1, 0.15) is 0 Å². The number of aliphatic hydroxyl groups is 1. The zero-order valence-corrected chi connectivity index (χ0v) is 13.2. The summed E-state index contributed by atoms with van der Waals surface area (Å²) in [5.41, 5.74) is 7.45. The van der Waals surface area contributed by atoms with Gasteiger partial charge in [0.05, 0.1) is 6.10 Å². The number of aliphatic hydroxyl groups excluding tert-OH is 1. The lowest BCUT2D eigenvalue weighted by Gasteiger charge is -2.37. The minimum atomic E-state index is -0.117. The highest BCUT2D eigenvalue weighted by molar-refractivity contribution is 6.30. The first-order valence-electron chi connectivity index (χ1n) is 8.00. The Kier molecular flexibility index (Phi) is 4.85. The van der Waals surface area contributed by atoms with Crippen LogP contribution in [0, 0.1) is 11.8 Å². The van der Waals surface area contributed by atoms with Gasteiger partial charge in [-0.25, -0.2) is 0 Å². The van der Waals surface area contributed by atoms with Crippen molar-refractivity contribution < 1.29 is 5.11 Å². The summed E-state index contributed by atoms with van der Waals surface area (Å²) >= 11 is 6.05. The number of halogens is 1. The van der Waals surface area contributed by atoms with Gasteiger partial charge in [-0.15, -0.1) is 0 Å². The van der Waals surface area contributed by atoms with Gasteiger partial charge in [-0.05, 0) is 55.2 Å². The maximum absolute atomic E-state index is 10.2. The van der Waals surface area contributed by atoms with Crippen molar-refractivity contribution in [2.45, 2.75) is 44.4 Å². The third-order valence-corrected chi connectivity index (χ3v) is 4.92. The monoisotopic (exact) mass is 308 g/mol. The Labute approximate surface area is 132 Å². The Bertz CT molecular complexity index is 478. The van der Waals surface area contributed by atoms with Crippen LogP contribution >= 0.6 is 11.6 Å². The van der Waals surface area contributed by atoms with Crippen molar-refractivity contribution in [2.75, 3.05) is 13.1 Å². The number of rotatable bonds is 5. The second-order valence-corrected chi connectivity index (χ2v) is 7.26. The largest absolute Gasteiger partial charge is 0.393 e. The lowest BCUT2D eigenvalue weighted by molar-refractivity contribution is 0.0781. The summed E-state index contributed by atoms with van der Waals surface area (Å²) in [6.45, 7) is 2.86. The van der Waals surface area contributed by atoms with E-state index in [2.05, 4.69) is 11.0 Å². The standard InChI is InChI=1S/C17H25ClN2O/c18-15-3-1-2-12(6-15)9-20-10-13(7-16(19)11-20)8-17(21)14-4-5-14/h1-3,6,13-14,16-17,21H,4-5,7-11,19H2. The van der Waals surface area contributed by atoms with Gasteiger partial charge in [-0.3, -0.25) is 4.90 Å². The maximum Gasteiger partial charge on any atom is 0.0571 e. The first kappa shape index (κ1) is 15.3. The summed E-state index contributed by atoms with van der Waals surface area (Å²) in [7, 11) is 0. The van der Waals surface area contributed by atoms with E-state index >= 15 is 0 Å². The van der Waals surface area contributed by atoms with E-state index < -0.39 is 0 Å². The van der Waals surface area contributed by atoms with Crippen LogP contribution in [0.3, 0.4) is 0 Å². The van der Waals surface area contributed by atoms with E-state index in [1.165, 1.54) is 18.4 Å². The van der Waals surface area contributed by atoms with Gasteiger partial charge in [0.15, 0.2) is 0 Å². The van der Waals surface area contributed by atoms with E-state index in [1.54, 1.807) is 0 Å². The van der Waals surface area contributed by atoms with Crippen molar-refractivity contribution in [1.29, 1.82) is 0 Å². The molecule has 1 saturated carbocycles. The van der Waals surface area contributed by atoms with Gasteiger partial charge in [-0.1, -0.05) is 23.7 Å². The Morgan fingerprint density at radius 3 is 2.86 bits per heavy atom. The Hall–Kier alpha value is -0.610. The third kappa shape index (κ3) is 4.43. The van der Waals surface area contributed by atoms with Crippen molar-refractivity contribution in [2.24, 2.45) is 17.6 Å². The quantitative estimate of drug-likeness (QED) is 0.879. The minimum Gasteiger partial charge on any atom is -0.393 e. The first-order chi connectivity index (χ1) is 10.1. The molecule has 0 radical (unpaired) electrons. The SMILES string of the molecule is NC1CC(CC(O)C2CC2)CN(Cc2cccc(Cl)c2)C1. The molecule has 3 atom stereocenters. The van der Waals surface area contributed by atoms with E-state index in [4.69, 9.17) is 17.3 Å². The molecule has 1 aliphatic heterocycles. The lowest BCUT2D eigenvalue weighted by Crippen LogP contribution is -2.47. The van der Waals surface area contributed by atoms with E-state index in [1.807, 2.05) is 18.2 Å². The molecule has 0 aromatic heterocycles. The van der Waals surface area contributed by atoms with Gasteiger partial charge >= 0.3 is 0 Å². The number of hydrogen-bond acceptors (Lipinski definition) is 3. The van der Waals surface area contributed by atoms with Crippen LogP contribution in [-0.2, 0) is 6.54 Å². The van der Waals surface area contributed by atoms with Crippen LogP contribution in [0.15, 0.2) is 24.3 Å². The van der Waals surface area contributed by atoms with Crippen molar-refractivity contribution in [3.05, 3.63) is 34.9 Å². The maximum atomic E-state index is 10.2. The molecule has 116 valence electrons. The average molecular weight is 309 g/mol. The molecule has 2 aliphatic rings. The zero-order chi connectivity index (χ0) is 14.8. The van der Waals surface area contributed by atoms with Crippen LogP contribution in [0.2, 0.25) is 5.02 Å². The number of nitrogens with zero attached hydrogens (tertiary/aromatic N) is 1. The van der Waals surface area contributed by atoms with Crippen LogP contribution < -0.4 is 5.73 Å². The van der Waals surface area contributed by atoms with E-state index in [-0.39, 0.29) is 12.1 Å². The summed E-state index contributed by atoms with van der Waals surface area (Å²) in [6, 6.07) is 8.25. The van der Waals surface area contributed by atoms with Gasteiger partial charge < -0.3 is 10.8 Å². The molecule has 3 N–H and O–H groups in total. The number of hydrogen-bond donors (Lipinski definition) is 2. The topological polar surface area (TPSA) is 49.5 Å². The fourth-order valence-electron chi connectivity index (χ4n) is 3.56. The average Bonchev–Trinajstić information content (AvgIpc) is 3.21. The molecule has 1 aromatic carbocycles. The predicted octanol–water partition coefficient (Wildman–Crippen LogP) is 2.65. The van der Waals surface area contributed by atoms with E-state index in [0.29, 0.717) is 11.8 Å². The summed E-state index contributed by atoms with van der Waals surface area (Å²) in [6.07, 6.45) is 4.23.